The van der Waals surface area contributed by atoms with E-state index in [0.717, 1.165) is 40.4 Å². The van der Waals surface area contributed by atoms with Gasteiger partial charge < -0.3 is 5.11 Å². The number of phenols is 1. The first kappa shape index (κ1) is 33.3. The van der Waals surface area contributed by atoms with E-state index in [0.29, 0.717) is 30.6 Å². The van der Waals surface area contributed by atoms with Gasteiger partial charge in [-0.25, -0.2) is 0 Å². The molecule has 220 valence electrons. The van der Waals surface area contributed by atoms with Gasteiger partial charge in [0.15, 0.2) is 5.12 Å². The largest absolute Gasteiger partial charge is 0.506 e. The quantitative estimate of drug-likeness (QED) is 0.0552. The van der Waals surface area contributed by atoms with E-state index in [9.17, 15) is 14.7 Å². The van der Waals surface area contributed by atoms with Crippen LogP contribution in [0, 0.1) is 0 Å². The summed E-state index contributed by atoms with van der Waals surface area (Å²) in [6.45, 7) is 6.09. The van der Waals surface area contributed by atoms with Crippen LogP contribution in [0.3, 0.4) is 0 Å². The van der Waals surface area contributed by atoms with Crippen LogP contribution in [0.1, 0.15) is 63.1 Å². The van der Waals surface area contributed by atoms with Crippen molar-refractivity contribution < 1.29 is 14.7 Å². The zero-order valence-corrected chi connectivity index (χ0v) is 28.7. The number of halogens is 1. The van der Waals surface area contributed by atoms with E-state index in [-0.39, 0.29) is 22.2 Å². The van der Waals surface area contributed by atoms with Gasteiger partial charge in [0, 0.05) is 29.8 Å². The van der Waals surface area contributed by atoms with Crippen molar-refractivity contribution >= 4 is 74.5 Å². The molecule has 4 aromatic rings. The lowest BCUT2D eigenvalue weighted by Gasteiger charge is -2.24. The van der Waals surface area contributed by atoms with Crippen molar-refractivity contribution in [1.29, 1.82) is 0 Å². The third-order valence-electron chi connectivity index (χ3n) is 7.07. The van der Waals surface area contributed by atoms with Gasteiger partial charge in [-0.2, -0.15) is 0 Å². The van der Waals surface area contributed by atoms with Gasteiger partial charge in [-0.15, -0.1) is 0 Å². The average molecular weight is 719 g/mol. The van der Waals surface area contributed by atoms with Crippen LogP contribution in [0.4, 0.5) is 11.4 Å². The fourth-order valence-corrected chi connectivity index (χ4v) is 7.12. The van der Waals surface area contributed by atoms with Crippen molar-refractivity contribution in [3.05, 3.63) is 114 Å². The standard InChI is InChI=1S/C35H36BINO3PS/c1-35(2,3)30-23-29(42(36)37)24-31(34(30)41)43-33(40)17-11-10-16-32(39)38(27-14-8-5-9-15-27)28-20-18-26(19-21-28)22-25-12-6-4-7-13-25/h4-9,12-15,18-21,23-24,41H,10-11,16-17,22H2,1-3H3. The highest BCUT2D eigenvalue weighted by atomic mass is 127. The molecule has 4 nitrogen and oxygen atoms in total. The summed E-state index contributed by atoms with van der Waals surface area (Å²) in [7, 11) is 6.19. The van der Waals surface area contributed by atoms with Crippen molar-refractivity contribution in [2.75, 3.05) is 4.90 Å². The van der Waals surface area contributed by atoms with Crippen LogP contribution in [0.25, 0.3) is 0 Å². The Labute approximate surface area is 275 Å². The van der Waals surface area contributed by atoms with Crippen LogP contribution in [0.2, 0.25) is 0 Å². The average Bonchev–Trinajstić information content (AvgIpc) is 2.98. The van der Waals surface area contributed by atoms with E-state index in [1.807, 2.05) is 93.6 Å². The summed E-state index contributed by atoms with van der Waals surface area (Å²) in [5.74, 6) is 0.131. The van der Waals surface area contributed by atoms with Crippen molar-refractivity contribution in [2.45, 2.75) is 63.2 Å². The number of hydrogen-bond acceptors (Lipinski definition) is 4. The van der Waals surface area contributed by atoms with Gasteiger partial charge >= 0.3 is 0 Å². The van der Waals surface area contributed by atoms with Gasteiger partial charge in [-0.3, -0.25) is 14.5 Å². The molecular weight excluding hydrogens is 683 g/mol. The number of phenolic OH excluding ortho intramolecular Hbond substituents is 1. The highest BCUT2D eigenvalue weighted by Crippen LogP contribution is 2.44. The number of unbranched alkanes of at least 4 members (excludes halogenated alkanes) is 1. The molecule has 0 saturated heterocycles. The first-order valence-electron chi connectivity index (χ1n) is 14.3. The van der Waals surface area contributed by atoms with E-state index in [1.54, 1.807) is 4.90 Å². The molecule has 43 heavy (non-hydrogen) atoms. The number of hydrogen-bond donors (Lipinski definition) is 1. The first-order valence-corrected chi connectivity index (χ1v) is 19.3. The normalized spacial score (nSPS) is 12.1. The van der Waals surface area contributed by atoms with Crippen molar-refractivity contribution in [3.63, 3.8) is 0 Å². The van der Waals surface area contributed by atoms with Gasteiger partial charge in [0.05, 0.1) is 4.90 Å². The van der Waals surface area contributed by atoms with Gasteiger partial charge in [0.1, 0.15) is 13.3 Å². The zero-order chi connectivity index (χ0) is 31.0. The highest BCUT2D eigenvalue weighted by molar-refractivity contribution is 14.2. The number of aromatic hydroxyl groups is 1. The molecule has 1 N–H and O–H groups in total. The van der Waals surface area contributed by atoms with E-state index in [4.69, 9.17) is 7.57 Å². The highest BCUT2D eigenvalue weighted by Gasteiger charge is 2.24. The molecule has 0 aliphatic heterocycles. The number of carbonyl (C=O) groups excluding carboxylic acids is 2. The third kappa shape index (κ3) is 9.44. The lowest BCUT2D eigenvalue weighted by molar-refractivity contribution is -0.118. The number of para-hydroxylation sites is 1. The molecule has 0 bridgehead atoms. The Morgan fingerprint density at radius 3 is 2.00 bits per heavy atom. The fraction of sp³-hybridized carbons (Fsp3) is 0.257. The third-order valence-corrected chi connectivity index (χ3v) is 10.5. The van der Waals surface area contributed by atoms with Crippen molar-refractivity contribution in [1.82, 2.24) is 0 Å². The van der Waals surface area contributed by atoms with Crippen LogP contribution in [0.5, 0.6) is 5.75 Å². The topological polar surface area (TPSA) is 57.6 Å². The summed E-state index contributed by atoms with van der Waals surface area (Å²) in [5, 5.41) is 11.8. The molecule has 0 aliphatic carbocycles. The number of rotatable bonds is 11. The number of amides is 1. The lowest BCUT2D eigenvalue weighted by Crippen LogP contribution is -2.25. The molecule has 4 rings (SSSR count). The second-order valence-corrected chi connectivity index (χ2v) is 16.8. The van der Waals surface area contributed by atoms with Gasteiger partial charge in [-0.05, 0) is 89.3 Å². The summed E-state index contributed by atoms with van der Waals surface area (Å²) in [5.41, 5.74) is 3.66. The van der Waals surface area contributed by atoms with E-state index in [2.05, 4.69) is 46.3 Å². The molecule has 0 aliphatic rings. The molecule has 4 aromatic carbocycles. The van der Waals surface area contributed by atoms with Gasteiger partial charge in [0.25, 0.3) is 0 Å². The van der Waals surface area contributed by atoms with Crippen molar-refractivity contribution in [3.8, 4) is 5.75 Å². The SMILES string of the molecule is [B]P(I)c1cc(SC(=O)CCCCC(=O)N(c2ccccc2)c2ccc(Cc3ccccc3)cc2)c(O)c(C(C)(C)C)c1. The van der Waals surface area contributed by atoms with Crippen LogP contribution in [-0.4, -0.2) is 23.7 Å². The Hall–Kier alpha value is -2.61. The Bertz CT molecular complexity index is 1530. The Kier molecular flexibility index (Phi) is 11.9. The van der Waals surface area contributed by atoms with Crippen LogP contribution < -0.4 is 10.2 Å². The Balaban J connectivity index is 1.38. The number of carbonyl (C=O) groups is 2. The molecular formula is C35H36BINO3PS. The van der Waals surface area contributed by atoms with Crippen LogP contribution in [-0.2, 0) is 21.4 Å². The molecule has 8 heteroatoms. The maximum atomic E-state index is 13.5. The molecule has 0 heterocycles. The van der Waals surface area contributed by atoms with Crippen molar-refractivity contribution in [2.24, 2.45) is 0 Å². The van der Waals surface area contributed by atoms with E-state index < -0.39 is 5.44 Å². The molecule has 2 radical (unpaired) electrons. The van der Waals surface area contributed by atoms with Crippen LogP contribution in [0.15, 0.2) is 102 Å². The fourth-order valence-electron chi connectivity index (χ4n) is 4.81. The second kappa shape index (κ2) is 15.4. The van der Waals surface area contributed by atoms with E-state index in [1.165, 1.54) is 11.1 Å². The van der Waals surface area contributed by atoms with Gasteiger partial charge in [-0.1, -0.05) is 109 Å². The summed E-state index contributed by atoms with van der Waals surface area (Å²) in [4.78, 5) is 28.7. The molecule has 0 aromatic heterocycles. The number of nitrogens with zero attached hydrogens (tertiary/aromatic N) is 1. The first-order chi connectivity index (χ1) is 20.5. The maximum Gasteiger partial charge on any atom is 0.231 e. The minimum Gasteiger partial charge on any atom is -0.506 e. The molecule has 0 spiro atoms. The van der Waals surface area contributed by atoms with Gasteiger partial charge in [0.2, 0.25) is 5.91 Å². The molecule has 0 saturated carbocycles. The number of anilines is 2. The summed E-state index contributed by atoms with van der Waals surface area (Å²) >= 11 is 3.26. The zero-order valence-electron chi connectivity index (χ0n) is 24.8. The monoisotopic (exact) mass is 719 g/mol. The summed E-state index contributed by atoms with van der Waals surface area (Å²) in [6.07, 6.45) is 2.63. The Morgan fingerprint density at radius 2 is 1.40 bits per heavy atom. The number of thioether (sulfide) groups is 1. The minimum absolute atomic E-state index is 0.0133. The second-order valence-electron chi connectivity index (χ2n) is 11.5. The Morgan fingerprint density at radius 1 is 0.837 bits per heavy atom. The van der Waals surface area contributed by atoms with E-state index >= 15 is 0 Å². The smallest absolute Gasteiger partial charge is 0.231 e. The summed E-state index contributed by atoms with van der Waals surface area (Å²) in [6, 6.07) is 31.9. The van der Waals surface area contributed by atoms with Crippen LogP contribution >= 0.6 is 39.2 Å². The predicted octanol–water partition coefficient (Wildman–Crippen LogP) is 9.37. The summed E-state index contributed by atoms with van der Waals surface area (Å²) < 4.78 is 0. The minimum atomic E-state index is -0.900. The maximum absolute atomic E-state index is 13.5. The molecule has 1 atom stereocenters. The molecule has 1 unspecified atom stereocenters. The lowest BCUT2D eigenvalue weighted by atomic mass is 9.86. The molecule has 0 fully saturated rings. The molecule has 1 amide bonds. The number of benzene rings is 4. The predicted molar refractivity (Wildman–Crippen MR) is 192 cm³/mol.